The minimum atomic E-state index is -1.14. The average Bonchev–Trinajstić information content (AvgIpc) is 3.32. The van der Waals surface area contributed by atoms with Gasteiger partial charge in [-0.25, -0.2) is 0 Å². The van der Waals surface area contributed by atoms with Crippen molar-refractivity contribution in [2.75, 3.05) is 0 Å². The van der Waals surface area contributed by atoms with Crippen molar-refractivity contribution in [3.63, 3.8) is 0 Å². The molecule has 26 heavy (non-hydrogen) atoms. The van der Waals surface area contributed by atoms with Crippen molar-refractivity contribution in [2.45, 2.75) is 12.5 Å². The van der Waals surface area contributed by atoms with Crippen molar-refractivity contribution < 1.29 is 18.8 Å². The summed E-state index contributed by atoms with van der Waals surface area (Å²) in [5, 5.41) is 2.50. The lowest BCUT2D eigenvalue weighted by molar-refractivity contribution is -0.137. The molecule has 1 unspecified atom stereocenters. The highest BCUT2D eigenvalue weighted by molar-refractivity contribution is 6.99. The number of nitrogens with two attached hydrogens (primary N) is 1. The molecule has 0 aliphatic carbocycles. The lowest BCUT2D eigenvalue weighted by Crippen LogP contribution is -2.47. The summed E-state index contributed by atoms with van der Waals surface area (Å²) in [6.45, 7) is 0. The number of amides is 2. The van der Waals surface area contributed by atoms with Gasteiger partial charge in [0.25, 0.3) is 11.8 Å². The van der Waals surface area contributed by atoms with E-state index in [9.17, 15) is 14.4 Å². The summed E-state index contributed by atoms with van der Waals surface area (Å²) in [5.74, 6) is -2.69. The van der Waals surface area contributed by atoms with Gasteiger partial charge in [0.15, 0.2) is 5.69 Å². The maximum Gasteiger partial charge on any atom is 0.287 e. The third-order valence-corrected chi connectivity index (χ3v) is 4.05. The highest BCUT2D eigenvalue weighted by Gasteiger charge is 2.28. The number of hydrogen-bond acceptors (Lipinski definition) is 8. The van der Waals surface area contributed by atoms with Gasteiger partial charge >= 0.3 is 0 Å². The van der Waals surface area contributed by atoms with E-state index in [1.165, 1.54) is 12.5 Å². The standard InChI is InChI=1S/C16H13N5O4S/c17-15(23)14(22)11(6-9-3-5-25-8-9)19-16(24)13-12(20-26-21-13)10-2-1-4-18-7-10/h1-5,7-8,11H,6H2,(H2,17,23)(H,19,24). The minimum Gasteiger partial charge on any atom is -0.472 e. The van der Waals surface area contributed by atoms with Crippen molar-refractivity contribution in [3.05, 3.63) is 54.4 Å². The summed E-state index contributed by atoms with van der Waals surface area (Å²) in [7, 11) is 0. The van der Waals surface area contributed by atoms with E-state index in [0.717, 1.165) is 11.7 Å². The van der Waals surface area contributed by atoms with Crippen LogP contribution in [0.25, 0.3) is 11.3 Å². The van der Waals surface area contributed by atoms with Gasteiger partial charge in [0, 0.05) is 24.4 Å². The van der Waals surface area contributed by atoms with E-state index in [1.54, 1.807) is 30.6 Å². The van der Waals surface area contributed by atoms with E-state index >= 15 is 0 Å². The molecular formula is C16H13N5O4S. The van der Waals surface area contributed by atoms with Crippen LogP contribution in [0.4, 0.5) is 0 Å². The van der Waals surface area contributed by atoms with Crippen LogP contribution in [0, 0.1) is 0 Å². The lowest BCUT2D eigenvalue weighted by Gasteiger charge is -2.15. The summed E-state index contributed by atoms with van der Waals surface area (Å²) in [5.41, 5.74) is 6.71. The number of nitrogens with one attached hydrogen (secondary N) is 1. The first-order valence-corrected chi connectivity index (χ1v) is 8.18. The van der Waals surface area contributed by atoms with Gasteiger partial charge in [0.2, 0.25) is 5.78 Å². The number of rotatable bonds is 7. The number of hydrogen-bond donors (Lipinski definition) is 2. The third-order valence-electron chi connectivity index (χ3n) is 3.52. The first kappa shape index (κ1) is 17.4. The van der Waals surface area contributed by atoms with E-state index < -0.39 is 23.6 Å². The smallest absolute Gasteiger partial charge is 0.287 e. The van der Waals surface area contributed by atoms with Gasteiger partial charge in [-0.3, -0.25) is 19.4 Å². The second-order valence-electron chi connectivity index (χ2n) is 5.29. The number of Topliss-reactive ketones (excluding diaryl/α,β-unsaturated/α-hetero) is 1. The number of carbonyl (C=O) groups is 3. The van der Waals surface area contributed by atoms with Gasteiger partial charge in [-0.05, 0) is 23.8 Å². The van der Waals surface area contributed by atoms with Crippen LogP contribution >= 0.6 is 11.7 Å². The predicted octanol–water partition coefficient (Wildman–Crippen LogP) is 0.589. The largest absolute Gasteiger partial charge is 0.472 e. The molecule has 3 heterocycles. The molecule has 1 atom stereocenters. The Hall–Kier alpha value is -3.40. The van der Waals surface area contributed by atoms with Crippen LogP contribution in [0.2, 0.25) is 0 Å². The number of pyridine rings is 1. The van der Waals surface area contributed by atoms with E-state index in [2.05, 4.69) is 19.0 Å². The Morgan fingerprint density at radius 2 is 2.12 bits per heavy atom. The van der Waals surface area contributed by atoms with Crippen molar-refractivity contribution in [1.29, 1.82) is 0 Å². The Kier molecular flexibility index (Phi) is 5.13. The molecular weight excluding hydrogens is 358 g/mol. The third kappa shape index (κ3) is 3.81. The molecule has 132 valence electrons. The zero-order chi connectivity index (χ0) is 18.5. The zero-order valence-corrected chi connectivity index (χ0v) is 14.1. The first-order valence-electron chi connectivity index (χ1n) is 7.45. The number of aromatic nitrogens is 3. The zero-order valence-electron chi connectivity index (χ0n) is 13.3. The SMILES string of the molecule is NC(=O)C(=O)C(Cc1ccoc1)NC(=O)c1nsnc1-c1cccnc1. The number of carbonyl (C=O) groups excluding carboxylic acids is 3. The second kappa shape index (κ2) is 7.66. The summed E-state index contributed by atoms with van der Waals surface area (Å²) >= 11 is 0.856. The fourth-order valence-corrected chi connectivity index (χ4v) is 2.85. The van der Waals surface area contributed by atoms with Crippen LogP contribution < -0.4 is 11.1 Å². The Labute approximate surface area is 151 Å². The van der Waals surface area contributed by atoms with Gasteiger partial charge in [-0.2, -0.15) is 8.75 Å². The van der Waals surface area contributed by atoms with Crippen LogP contribution in [-0.2, 0) is 16.0 Å². The molecule has 0 aliphatic heterocycles. The molecule has 3 aromatic heterocycles. The fraction of sp³-hybridized carbons (Fsp3) is 0.125. The molecule has 3 N–H and O–H groups in total. The normalized spacial score (nSPS) is 11.7. The Balaban J connectivity index is 1.83. The average molecular weight is 371 g/mol. The highest BCUT2D eigenvalue weighted by atomic mass is 32.1. The van der Waals surface area contributed by atoms with Crippen LogP contribution in [0.15, 0.2) is 47.5 Å². The highest BCUT2D eigenvalue weighted by Crippen LogP contribution is 2.20. The molecule has 0 bridgehead atoms. The second-order valence-corrected chi connectivity index (χ2v) is 5.82. The molecule has 2 amide bonds. The van der Waals surface area contributed by atoms with E-state index in [-0.39, 0.29) is 12.1 Å². The monoisotopic (exact) mass is 371 g/mol. The summed E-state index contributed by atoms with van der Waals surface area (Å²) < 4.78 is 13.0. The maximum atomic E-state index is 12.6. The van der Waals surface area contributed by atoms with Gasteiger partial charge in [-0.1, -0.05) is 0 Å². The first-order chi connectivity index (χ1) is 12.6. The van der Waals surface area contributed by atoms with Gasteiger partial charge in [0.05, 0.1) is 24.3 Å². The lowest BCUT2D eigenvalue weighted by atomic mass is 10.0. The van der Waals surface area contributed by atoms with E-state index in [4.69, 9.17) is 10.2 Å². The molecule has 0 radical (unpaired) electrons. The van der Waals surface area contributed by atoms with Crippen LogP contribution in [0.5, 0.6) is 0 Å². The van der Waals surface area contributed by atoms with E-state index in [0.29, 0.717) is 16.8 Å². The Morgan fingerprint density at radius 3 is 2.77 bits per heavy atom. The number of ketones is 1. The Morgan fingerprint density at radius 1 is 1.27 bits per heavy atom. The van der Waals surface area contributed by atoms with E-state index in [1.807, 2.05) is 0 Å². The van der Waals surface area contributed by atoms with Crippen molar-refractivity contribution >= 4 is 29.3 Å². The molecule has 0 aromatic carbocycles. The molecule has 0 saturated heterocycles. The molecule has 0 saturated carbocycles. The number of furan rings is 1. The maximum absolute atomic E-state index is 12.6. The van der Waals surface area contributed by atoms with Crippen LogP contribution in [0.3, 0.4) is 0 Å². The predicted molar refractivity (Wildman–Crippen MR) is 91.0 cm³/mol. The molecule has 0 fully saturated rings. The topological polar surface area (TPSA) is 141 Å². The fourth-order valence-electron chi connectivity index (χ4n) is 2.28. The summed E-state index contributed by atoms with van der Waals surface area (Å²) in [4.78, 5) is 39.9. The Bertz CT molecular complexity index is 923. The van der Waals surface area contributed by atoms with Crippen LogP contribution in [0.1, 0.15) is 16.1 Å². The van der Waals surface area contributed by atoms with Gasteiger partial charge < -0.3 is 15.5 Å². The summed E-state index contributed by atoms with van der Waals surface area (Å²) in [6, 6.07) is 3.92. The quantitative estimate of drug-likeness (QED) is 0.579. The van der Waals surface area contributed by atoms with Crippen LogP contribution in [-0.4, -0.2) is 37.4 Å². The molecule has 3 rings (SSSR count). The van der Waals surface area contributed by atoms with Gasteiger partial charge in [-0.15, -0.1) is 0 Å². The van der Waals surface area contributed by atoms with Gasteiger partial charge in [0.1, 0.15) is 11.7 Å². The molecule has 3 aromatic rings. The molecule has 0 aliphatic rings. The minimum absolute atomic E-state index is 0.0393. The van der Waals surface area contributed by atoms with Crippen molar-refractivity contribution in [1.82, 2.24) is 19.0 Å². The van der Waals surface area contributed by atoms with Crippen molar-refractivity contribution in [3.8, 4) is 11.3 Å². The molecule has 0 spiro atoms. The molecule has 10 heteroatoms. The van der Waals surface area contributed by atoms with Crippen molar-refractivity contribution in [2.24, 2.45) is 5.73 Å². The summed E-state index contributed by atoms with van der Waals surface area (Å²) in [6.07, 6.45) is 6.04. The number of primary amides is 1. The molecule has 9 nitrogen and oxygen atoms in total. The number of nitrogens with zero attached hydrogens (tertiary/aromatic N) is 3.